The topological polar surface area (TPSA) is 35.8 Å². The van der Waals surface area contributed by atoms with Gasteiger partial charge in [0.25, 0.3) is 0 Å². The van der Waals surface area contributed by atoms with Crippen LogP contribution in [0.15, 0.2) is 24.3 Å². The van der Waals surface area contributed by atoms with Crippen molar-refractivity contribution in [2.75, 3.05) is 13.1 Å². The van der Waals surface area contributed by atoms with Crippen LogP contribution in [0.5, 0.6) is 0 Å². The highest BCUT2D eigenvalue weighted by molar-refractivity contribution is 5.32. The molecule has 21 heavy (non-hydrogen) atoms. The van der Waals surface area contributed by atoms with E-state index in [9.17, 15) is 5.26 Å². The molecule has 1 saturated heterocycles. The highest BCUT2D eigenvalue weighted by Crippen LogP contribution is 2.46. The number of benzene rings is 1. The molecule has 1 N–H and O–H groups in total. The molecule has 1 aromatic rings. The lowest BCUT2D eigenvalue weighted by atomic mass is 9.83. The third-order valence-electron chi connectivity index (χ3n) is 5.62. The zero-order valence-corrected chi connectivity index (χ0v) is 13.3. The monoisotopic (exact) mass is 282 g/mol. The average Bonchev–Trinajstić information content (AvgIpc) is 3.10. The molecule has 2 fully saturated rings. The van der Waals surface area contributed by atoms with Crippen molar-refractivity contribution in [3.05, 3.63) is 35.4 Å². The standard InChI is InChI=1S/C19H26N2/c1-18(2,13-20)17-5-3-15(4-6-17)11-16-7-8-19(12-16)9-10-21-14-19/h3-6,16,21H,7-12,14H2,1-2H3. The summed E-state index contributed by atoms with van der Waals surface area (Å²) in [7, 11) is 0. The predicted octanol–water partition coefficient (Wildman–Crippen LogP) is 3.81. The lowest BCUT2D eigenvalue weighted by Gasteiger charge is -2.22. The SMILES string of the molecule is CC(C)(C#N)c1ccc(CC2CCC3(CCNC3)C2)cc1. The van der Waals surface area contributed by atoms with Crippen molar-refractivity contribution in [3.63, 3.8) is 0 Å². The second-order valence-corrected chi connectivity index (χ2v) is 7.67. The summed E-state index contributed by atoms with van der Waals surface area (Å²) in [4.78, 5) is 0. The molecule has 2 aliphatic rings. The van der Waals surface area contributed by atoms with Gasteiger partial charge in [0, 0.05) is 6.54 Å². The Kier molecular flexibility index (Phi) is 3.80. The third kappa shape index (κ3) is 2.99. The molecule has 1 aliphatic heterocycles. The van der Waals surface area contributed by atoms with Crippen LogP contribution in [-0.2, 0) is 11.8 Å². The van der Waals surface area contributed by atoms with Gasteiger partial charge in [0.1, 0.15) is 0 Å². The van der Waals surface area contributed by atoms with E-state index in [4.69, 9.17) is 0 Å². The van der Waals surface area contributed by atoms with E-state index in [0.29, 0.717) is 5.41 Å². The molecule has 1 heterocycles. The van der Waals surface area contributed by atoms with E-state index >= 15 is 0 Å². The fraction of sp³-hybridized carbons (Fsp3) is 0.632. The summed E-state index contributed by atoms with van der Waals surface area (Å²) in [5, 5.41) is 12.7. The minimum atomic E-state index is -0.383. The van der Waals surface area contributed by atoms with Gasteiger partial charge in [-0.15, -0.1) is 0 Å². The molecular weight excluding hydrogens is 256 g/mol. The Balaban J connectivity index is 1.63. The average molecular weight is 282 g/mol. The molecule has 2 nitrogen and oxygen atoms in total. The Morgan fingerprint density at radius 3 is 2.67 bits per heavy atom. The molecule has 2 heteroatoms. The highest BCUT2D eigenvalue weighted by Gasteiger charge is 2.40. The van der Waals surface area contributed by atoms with Crippen molar-refractivity contribution in [3.8, 4) is 6.07 Å². The second kappa shape index (κ2) is 5.46. The first kappa shape index (κ1) is 14.6. The van der Waals surface area contributed by atoms with Crippen molar-refractivity contribution in [1.82, 2.24) is 5.32 Å². The van der Waals surface area contributed by atoms with Crippen LogP contribution in [0.25, 0.3) is 0 Å². The van der Waals surface area contributed by atoms with E-state index < -0.39 is 0 Å². The first-order valence-electron chi connectivity index (χ1n) is 8.24. The molecule has 0 bridgehead atoms. The molecule has 0 amide bonds. The predicted molar refractivity (Wildman–Crippen MR) is 86.0 cm³/mol. The van der Waals surface area contributed by atoms with Crippen LogP contribution >= 0.6 is 0 Å². The van der Waals surface area contributed by atoms with Gasteiger partial charge in [-0.05, 0) is 75.0 Å². The van der Waals surface area contributed by atoms with Crippen LogP contribution < -0.4 is 5.32 Å². The zero-order valence-electron chi connectivity index (χ0n) is 13.3. The Hall–Kier alpha value is -1.33. The summed E-state index contributed by atoms with van der Waals surface area (Å²) in [6.45, 7) is 6.41. The Morgan fingerprint density at radius 2 is 2.05 bits per heavy atom. The maximum absolute atomic E-state index is 9.21. The van der Waals surface area contributed by atoms with E-state index in [-0.39, 0.29) is 5.41 Å². The summed E-state index contributed by atoms with van der Waals surface area (Å²) >= 11 is 0. The molecule has 2 unspecified atom stereocenters. The first-order valence-corrected chi connectivity index (χ1v) is 8.24. The fourth-order valence-electron chi connectivity index (χ4n) is 4.14. The molecule has 1 aliphatic carbocycles. The molecule has 112 valence electrons. The number of nitriles is 1. The quantitative estimate of drug-likeness (QED) is 0.915. The summed E-state index contributed by atoms with van der Waals surface area (Å²) in [6.07, 6.45) is 6.76. The van der Waals surface area contributed by atoms with Gasteiger partial charge >= 0.3 is 0 Å². The van der Waals surface area contributed by atoms with Crippen molar-refractivity contribution < 1.29 is 0 Å². The van der Waals surface area contributed by atoms with Gasteiger partial charge in [0.15, 0.2) is 0 Å². The lowest BCUT2D eigenvalue weighted by Crippen LogP contribution is -2.20. The smallest absolute Gasteiger partial charge is 0.0766 e. The second-order valence-electron chi connectivity index (χ2n) is 7.67. The summed E-state index contributed by atoms with van der Waals surface area (Å²) in [5.74, 6) is 0.847. The summed E-state index contributed by atoms with van der Waals surface area (Å²) < 4.78 is 0. The highest BCUT2D eigenvalue weighted by atomic mass is 14.9. The molecule has 0 aromatic heterocycles. The summed E-state index contributed by atoms with van der Waals surface area (Å²) in [6, 6.07) is 11.1. The van der Waals surface area contributed by atoms with E-state index in [1.807, 2.05) is 13.8 Å². The number of hydrogen-bond donors (Lipinski definition) is 1. The Bertz CT molecular complexity index is 530. The first-order chi connectivity index (χ1) is 10.0. The molecule has 0 radical (unpaired) electrons. The Labute approximate surface area is 128 Å². The number of nitrogens with zero attached hydrogens (tertiary/aromatic N) is 1. The van der Waals surface area contributed by atoms with Gasteiger partial charge in [-0.1, -0.05) is 24.3 Å². The van der Waals surface area contributed by atoms with Crippen LogP contribution in [0.4, 0.5) is 0 Å². The van der Waals surface area contributed by atoms with Crippen LogP contribution in [-0.4, -0.2) is 13.1 Å². The van der Waals surface area contributed by atoms with E-state index in [1.54, 1.807) is 0 Å². The lowest BCUT2D eigenvalue weighted by molar-refractivity contribution is 0.319. The maximum atomic E-state index is 9.21. The number of nitrogens with one attached hydrogen (secondary N) is 1. The fourth-order valence-corrected chi connectivity index (χ4v) is 4.14. The van der Waals surface area contributed by atoms with Crippen molar-refractivity contribution >= 4 is 0 Å². The number of hydrogen-bond acceptors (Lipinski definition) is 2. The van der Waals surface area contributed by atoms with Gasteiger partial charge < -0.3 is 5.32 Å². The van der Waals surface area contributed by atoms with Crippen LogP contribution in [0.2, 0.25) is 0 Å². The third-order valence-corrected chi connectivity index (χ3v) is 5.62. The minimum absolute atomic E-state index is 0.383. The van der Waals surface area contributed by atoms with Crippen molar-refractivity contribution in [1.29, 1.82) is 5.26 Å². The molecular formula is C19H26N2. The van der Waals surface area contributed by atoms with Gasteiger partial charge in [0.2, 0.25) is 0 Å². The number of rotatable bonds is 3. The van der Waals surface area contributed by atoms with E-state index in [1.165, 1.54) is 50.8 Å². The minimum Gasteiger partial charge on any atom is -0.316 e. The molecule has 3 rings (SSSR count). The van der Waals surface area contributed by atoms with Gasteiger partial charge in [0.05, 0.1) is 11.5 Å². The maximum Gasteiger partial charge on any atom is 0.0766 e. The van der Waals surface area contributed by atoms with Crippen LogP contribution in [0.1, 0.15) is 50.7 Å². The van der Waals surface area contributed by atoms with Crippen LogP contribution in [0.3, 0.4) is 0 Å². The molecule has 1 saturated carbocycles. The van der Waals surface area contributed by atoms with Gasteiger partial charge in [-0.2, -0.15) is 5.26 Å². The molecule has 1 spiro atoms. The van der Waals surface area contributed by atoms with E-state index in [2.05, 4.69) is 35.7 Å². The van der Waals surface area contributed by atoms with Crippen molar-refractivity contribution in [2.45, 2.75) is 51.4 Å². The largest absolute Gasteiger partial charge is 0.316 e. The zero-order chi connectivity index (χ0) is 14.9. The van der Waals surface area contributed by atoms with Crippen LogP contribution in [0, 0.1) is 22.7 Å². The van der Waals surface area contributed by atoms with Gasteiger partial charge in [-0.3, -0.25) is 0 Å². The normalized spacial score (nSPS) is 28.9. The van der Waals surface area contributed by atoms with Crippen molar-refractivity contribution in [2.24, 2.45) is 11.3 Å². The van der Waals surface area contributed by atoms with Gasteiger partial charge in [-0.25, -0.2) is 0 Å². The van der Waals surface area contributed by atoms with E-state index in [0.717, 1.165) is 11.5 Å². The Morgan fingerprint density at radius 1 is 1.29 bits per heavy atom. The summed E-state index contributed by atoms with van der Waals surface area (Å²) in [5.41, 5.74) is 2.79. The molecule has 1 aromatic carbocycles. The molecule has 2 atom stereocenters.